The molecular weight excluding hydrogens is 765 g/mol. The zero-order valence-electron chi connectivity index (χ0n) is 18.0. The van der Waals surface area contributed by atoms with Crippen molar-refractivity contribution in [2.24, 2.45) is 9.98 Å². The summed E-state index contributed by atoms with van der Waals surface area (Å²) in [6.07, 6.45) is 0. The van der Waals surface area contributed by atoms with E-state index < -0.39 is 0 Å². The summed E-state index contributed by atoms with van der Waals surface area (Å²) in [6, 6.07) is 14.1. The molecule has 0 aliphatic rings. The Balaban J connectivity index is 0.00000122. The van der Waals surface area contributed by atoms with Gasteiger partial charge in [-0.1, -0.05) is 6.07 Å². The van der Waals surface area contributed by atoms with Crippen LogP contribution in [-0.4, -0.2) is 16.4 Å². The fourth-order valence-corrected chi connectivity index (χ4v) is 6.07. The van der Waals surface area contributed by atoms with Gasteiger partial charge in [0.05, 0.1) is 34.2 Å². The minimum atomic E-state index is 0.194. The van der Waals surface area contributed by atoms with Gasteiger partial charge in [0.2, 0.25) is 0 Å². The fraction of sp³-hybridized carbons (Fsp3) is 0.174. The van der Waals surface area contributed by atoms with Gasteiger partial charge in [0, 0.05) is 17.9 Å². The molecule has 0 saturated carbocycles. The molecule has 1 heterocycles. The third-order valence-electron chi connectivity index (χ3n) is 4.37. The number of nitrogens with zero attached hydrogens (tertiary/aromatic N) is 3. The number of halogens is 6. The zero-order valence-corrected chi connectivity index (χ0v) is 27.0. The van der Waals surface area contributed by atoms with Gasteiger partial charge in [0.25, 0.3) is 0 Å². The van der Waals surface area contributed by atoms with E-state index in [-0.39, 0.29) is 13.1 Å². The number of hydrogen-bond acceptors (Lipinski definition) is 3. The Morgan fingerprint density at radius 1 is 0.727 bits per heavy atom. The van der Waals surface area contributed by atoms with Crippen LogP contribution < -0.4 is 0 Å². The van der Waals surface area contributed by atoms with Gasteiger partial charge in [-0.25, -0.2) is 15.0 Å². The molecule has 0 aliphatic carbocycles. The van der Waals surface area contributed by atoms with Crippen molar-refractivity contribution in [2.75, 3.05) is 0 Å². The summed E-state index contributed by atoms with van der Waals surface area (Å²) in [7, 11) is 9.53. The first-order chi connectivity index (χ1) is 15.6. The Labute approximate surface area is 243 Å². The normalized spacial score (nSPS) is 11.9. The Hall–Kier alpha value is -0.0505. The van der Waals surface area contributed by atoms with E-state index >= 15 is 0 Å². The van der Waals surface area contributed by atoms with Gasteiger partial charge in [0.1, 0.15) is 0 Å². The molecule has 0 bridgehead atoms. The Morgan fingerprint density at radius 2 is 1.03 bits per heavy atom. The second-order valence-corrected chi connectivity index (χ2v) is 12.2. The van der Waals surface area contributed by atoms with E-state index in [4.69, 9.17) is 35.2 Å². The maximum atomic E-state index is 4.80. The molecule has 10 heteroatoms. The molecule has 3 rings (SSSR count). The Morgan fingerprint density at radius 3 is 1.33 bits per heavy atom. The SMILES string of the molecule is CC(=Nc1c(Br)cc(C)cc1Br)c1cccc(C(C)=Nc2c(Br)cc(C)cc2Br)n1.[Cl][Fe][Cl]. The van der Waals surface area contributed by atoms with Crippen LogP contribution in [0.4, 0.5) is 11.4 Å². The molecular formula is C23H19Br4Cl2FeN3. The molecule has 0 spiro atoms. The number of benzene rings is 2. The van der Waals surface area contributed by atoms with Crippen molar-refractivity contribution in [2.45, 2.75) is 27.7 Å². The van der Waals surface area contributed by atoms with Gasteiger partial charge < -0.3 is 0 Å². The average molecular weight is 784 g/mol. The number of rotatable bonds is 4. The third kappa shape index (κ3) is 8.53. The molecule has 3 nitrogen and oxygen atoms in total. The van der Waals surface area contributed by atoms with E-state index in [1.165, 1.54) is 0 Å². The minimum absolute atomic E-state index is 0.194. The van der Waals surface area contributed by atoms with Crippen LogP contribution in [0.25, 0.3) is 0 Å². The van der Waals surface area contributed by atoms with Crippen LogP contribution >= 0.6 is 83.9 Å². The van der Waals surface area contributed by atoms with E-state index in [1.54, 1.807) is 0 Å². The van der Waals surface area contributed by atoms with Crippen molar-refractivity contribution in [3.63, 3.8) is 0 Å². The van der Waals surface area contributed by atoms with Crippen LogP contribution in [0.1, 0.15) is 36.4 Å². The van der Waals surface area contributed by atoms with Crippen LogP contribution in [0.2, 0.25) is 0 Å². The predicted molar refractivity (Wildman–Crippen MR) is 153 cm³/mol. The molecule has 3 aromatic rings. The van der Waals surface area contributed by atoms with Crippen LogP contribution in [0.5, 0.6) is 0 Å². The number of aliphatic imine (C=N–C) groups is 2. The van der Waals surface area contributed by atoms with Crippen LogP contribution in [0, 0.1) is 13.8 Å². The summed E-state index contributed by atoms with van der Waals surface area (Å²) in [4.78, 5) is 14.4. The van der Waals surface area contributed by atoms with Gasteiger partial charge in [-0.15, -0.1) is 0 Å². The van der Waals surface area contributed by atoms with E-state index in [0.29, 0.717) is 0 Å². The van der Waals surface area contributed by atoms with E-state index in [2.05, 4.69) is 88.0 Å². The van der Waals surface area contributed by atoms with Crippen molar-refractivity contribution >= 4 is 107 Å². The van der Waals surface area contributed by atoms with E-state index in [9.17, 15) is 0 Å². The van der Waals surface area contributed by atoms with Crippen molar-refractivity contribution in [3.05, 3.63) is 82.9 Å². The van der Waals surface area contributed by atoms with Crippen molar-refractivity contribution < 1.29 is 13.1 Å². The molecule has 0 aliphatic heterocycles. The molecule has 0 N–H and O–H groups in total. The number of hydrogen-bond donors (Lipinski definition) is 0. The van der Waals surface area contributed by atoms with Crippen molar-refractivity contribution in [1.29, 1.82) is 0 Å². The quantitative estimate of drug-likeness (QED) is 0.192. The Bertz CT molecular complexity index is 1080. The van der Waals surface area contributed by atoms with E-state index in [0.717, 1.165) is 63.2 Å². The molecule has 0 fully saturated rings. The van der Waals surface area contributed by atoms with Gasteiger partial charge >= 0.3 is 33.3 Å². The van der Waals surface area contributed by atoms with Crippen LogP contribution in [-0.2, 0) is 13.1 Å². The molecule has 0 unspecified atom stereocenters. The van der Waals surface area contributed by atoms with Gasteiger partial charge in [-0.05, 0) is 139 Å². The molecule has 0 amide bonds. The molecule has 2 aromatic carbocycles. The molecule has 1 aromatic heterocycles. The van der Waals surface area contributed by atoms with Gasteiger partial charge in [0.15, 0.2) is 0 Å². The summed E-state index contributed by atoms with van der Waals surface area (Å²) in [5.74, 6) is 0. The molecule has 0 saturated heterocycles. The first-order valence-electron chi connectivity index (χ1n) is 9.42. The second kappa shape index (κ2) is 13.9. The van der Waals surface area contributed by atoms with Crippen molar-refractivity contribution in [1.82, 2.24) is 4.98 Å². The van der Waals surface area contributed by atoms with Gasteiger partial charge in [-0.2, -0.15) is 0 Å². The summed E-state index contributed by atoms with van der Waals surface area (Å²) >= 11 is 14.6. The van der Waals surface area contributed by atoms with Gasteiger partial charge in [-0.3, -0.25) is 0 Å². The summed E-state index contributed by atoms with van der Waals surface area (Å²) in [6.45, 7) is 8.02. The van der Waals surface area contributed by atoms with Crippen LogP contribution in [0.15, 0.2) is 70.3 Å². The maximum absolute atomic E-state index is 4.80. The fourth-order valence-electron chi connectivity index (χ4n) is 2.89. The summed E-state index contributed by atoms with van der Waals surface area (Å²) < 4.78 is 3.77. The first-order valence-corrected chi connectivity index (χ1v) is 15.6. The molecule has 0 radical (unpaired) electrons. The molecule has 0 atom stereocenters. The summed E-state index contributed by atoms with van der Waals surface area (Å²) in [5, 5.41) is 0. The Kier molecular flexibility index (Phi) is 12.3. The summed E-state index contributed by atoms with van der Waals surface area (Å²) in [5.41, 5.74) is 7.29. The van der Waals surface area contributed by atoms with E-state index in [1.807, 2.05) is 45.9 Å². The number of aryl methyl sites for hydroxylation is 2. The number of pyridine rings is 1. The molecule has 33 heavy (non-hydrogen) atoms. The number of aromatic nitrogens is 1. The zero-order chi connectivity index (χ0) is 24.7. The first kappa shape index (κ1) is 29.2. The second-order valence-electron chi connectivity index (χ2n) is 7.01. The monoisotopic (exact) mass is 779 g/mol. The molecule has 176 valence electrons. The third-order valence-corrected chi connectivity index (χ3v) is 6.79. The topological polar surface area (TPSA) is 37.6 Å². The average Bonchev–Trinajstić information content (AvgIpc) is 2.73. The van der Waals surface area contributed by atoms with Crippen LogP contribution in [0.3, 0.4) is 0 Å². The van der Waals surface area contributed by atoms with Crippen molar-refractivity contribution in [3.8, 4) is 0 Å². The standard InChI is InChI=1S/C23H19Br4N3.2ClH.Fe/c1-12-8-16(24)22(17(25)9-12)28-14(3)20-6-5-7-21(30-20)15(4)29-23-18(26)10-13(2)11-19(23)27;;;/h5-11H,1-4H3;2*1H;/q;;;+2/p-2. The predicted octanol–water partition coefficient (Wildman–Crippen LogP) is 10.4.